The average molecular weight is 430 g/mol. The summed E-state index contributed by atoms with van der Waals surface area (Å²) in [5.41, 5.74) is 3.81. The van der Waals surface area contributed by atoms with Gasteiger partial charge in [-0.2, -0.15) is 0 Å². The van der Waals surface area contributed by atoms with Gasteiger partial charge in [0.15, 0.2) is 0 Å². The topological polar surface area (TPSA) is 44.8 Å². The molecular formula is C24H16O4P2. The molecule has 6 rings (SSSR count). The Bertz CT molecular complexity index is 1330. The van der Waals surface area contributed by atoms with Crippen LogP contribution in [0, 0.1) is 0 Å². The van der Waals surface area contributed by atoms with Gasteiger partial charge in [-0.05, 0) is 29.8 Å². The lowest BCUT2D eigenvalue weighted by molar-refractivity contribution is 0.395. The lowest BCUT2D eigenvalue weighted by Gasteiger charge is -2.32. The summed E-state index contributed by atoms with van der Waals surface area (Å²) >= 11 is 0. The molecule has 0 aromatic heterocycles. The van der Waals surface area contributed by atoms with Gasteiger partial charge in [0.05, 0.1) is 10.6 Å². The fourth-order valence-electron chi connectivity index (χ4n) is 3.87. The maximum absolute atomic E-state index is 14.1. The van der Waals surface area contributed by atoms with E-state index >= 15 is 0 Å². The summed E-state index contributed by atoms with van der Waals surface area (Å²) in [7, 11) is -5.32. The summed E-state index contributed by atoms with van der Waals surface area (Å²) in [6.45, 7) is 0. The van der Waals surface area contributed by atoms with Gasteiger partial charge in [-0.25, -0.2) is 8.88 Å². The van der Waals surface area contributed by atoms with Crippen LogP contribution in [-0.2, 0) is 8.88 Å². The molecule has 0 bridgehead atoms. The van der Waals surface area contributed by atoms with E-state index < -0.39 is 16.0 Å². The van der Waals surface area contributed by atoms with Crippen LogP contribution in [0.25, 0.3) is 22.3 Å². The van der Waals surface area contributed by atoms with Crippen LogP contribution in [0.5, 0.6) is 11.5 Å². The predicted octanol–water partition coefficient (Wildman–Crippen LogP) is 6.28. The Labute approximate surface area is 175 Å². The maximum Gasteiger partial charge on any atom is 0.417 e. The molecule has 146 valence electrons. The van der Waals surface area contributed by atoms with Gasteiger partial charge in [-0.1, -0.05) is 72.8 Å². The lowest BCUT2D eigenvalue weighted by Crippen LogP contribution is -2.22. The molecule has 4 aromatic carbocycles. The van der Waals surface area contributed by atoms with Gasteiger partial charge in [0.1, 0.15) is 11.5 Å². The molecule has 0 saturated heterocycles. The second-order valence-corrected chi connectivity index (χ2v) is 10.5. The molecule has 0 amide bonds. The molecule has 30 heavy (non-hydrogen) atoms. The molecule has 0 aliphatic carbocycles. The molecule has 0 fully saturated rings. The Morgan fingerprint density at radius 2 is 1.20 bits per heavy atom. The standard InChI is InChI=1S/C24H16O4P2/c25-30(24-16-8-4-12-20(24)18-10-2-6-14-22(18)27-30)28-29-23-15-7-3-11-19(23)17-9-1-5-13-21(17)26-29/h1-16H. The number of fused-ring (bicyclic) bond motifs is 6. The number of para-hydroxylation sites is 2. The van der Waals surface area contributed by atoms with Crippen LogP contribution >= 0.6 is 16.0 Å². The fraction of sp³-hybridized carbons (Fsp3) is 0. The Kier molecular flexibility index (Phi) is 4.07. The van der Waals surface area contributed by atoms with E-state index in [0.717, 1.165) is 33.3 Å². The van der Waals surface area contributed by atoms with E-state index in [-0.39, 0.29) is 0 Å². The summed E-state index contributed by atoms with van der Waals surface area (Å²) in [6.07, 6.45) is 0. The molecule has 2 unspecified atom stereocenters. The molecule has 2 aliphatic heterocycles. The van der Waals surface area contributed by atoms with Crippen LogP contribution in [-0.4, -0.2) is 0 Å². The maximum atomic E-state index is 14.1. The van der Waals surface area contributed by atoms with Crippen molar-refractivity contribution < 1.29 is 17.9 Å². The molecule has 4 nitrogen and oxygen atoms in total. The third kappa shape index (κ3) is 2.73. The summed E-state index contributed by atoms with van der Waals surface area (Å²) in [6, 6.07) is 30.9. The van der Waals surface area contributed by atoms with Gasteiger partial charge in [-0.15, -0.1) is 0 Å². The zero-order valence-electron chi connectivity index (χ0n) is 15.8. The van der Waals surface area contributed by atoms with Crippen LogP contribution < -0.4 is 19.7 Å². The van der Waals surface area contributed by atoms with Crippen molar-refractivity contribution in [3.63, 3.8) is 0 Å². The average Bonchev–Trinajstić information content (AvgIpc) is 2.79. The molecule has 2 heterocycles. The highest BCUT2D eigenvalue weighted by molar-refractivity contribution is 7.73. The second-order valence-electron chi connectivity index (χ2n) is 7.05. The molecule has 0 spiro atoms. The highest BCUT2D eigenvalue weighted by Crippen LogP contribution is 2.64. The molecule has 2 atom stereocenters. The molecular weight excluding hydrogens is 414 g/mol. The van der Waals surface area contributed by atoms with Gasteiger partial charge in [0, 0.05) is 16.7 Å². The zero-order valence-corrected chi connectivity index (χ0v) is 17.6. The normalized spacial score (nSPS) is 20.6. The van der Waals surface area contributed by atoms with Gasteiger partial charge in [0.25, 0.3) is 8.38 Å². The van der Waals surface area contributed by atoms with E-state index in [9.17, 15) is 4.57 Å². The highest BCUT2D eigenvalue weighted by atomic mass is 31.2. The third-order valence-electron chi connectivity index (χ3n) is 5.24. The van der Waals surface area contributed by atoms with Crippen molar-refractivity contribution in [2.24, 2.45) is 0 Å². The van der Waals surface area contributed by atoms with Crippen molar-refractivity contribution >= 4 is 26.6 Å². The Morgan fingerprint density at radius 3 is 2.00 bits per heavy atom. The first-order valence-electron chi connectivity index (χ1n) is 9.58. The van der Waals surface area contributed by atoms with Crippen molar-refractivity contribution in [3.8, 4) is 33.8 Å². The van der Waals surface area contributed by atoms with Crippen LogP contribution in [0.1, 0.15) is 0 Å². The number of benzene rings is 4. The highest BCUT2D eigenvalue weighted by Gasteiger charge is 2.43. The van der Waals surface area contributed by atoms with Gasteiger partial charge in [0.2, 0.25) is 0 Å². The molecule has 6 heteroatoms. The van der Waals surface area contributed by atoms with E-state index in [1.54, 1.807) is 0 Å². The molecule has 0 N–H and O–H groups in total. The molecule has 0 saturated carbocycles. The van der Waals surface area contributed by atoms with Crippen LogP contribution in [0.2, 0.25) is 0 Å². The first-order valence-corrected chi connectivity index (χ1v) is 12.3. The molecule has 0 radical (unpaired) electrons. The third-order valence-corrected chi connectivity index (χ3v) is 9.25. The summed E-state index contributed by atoms with van der Waals surface area (Å²) in [5, 5.41) is 1.45. The lowest BCUT2D eigenvalue weighted by atomic mass is 10.0. The second kappa shape index (κ2) is 6.82. The quantitative estimate of drug-likeness (QED) is 0.351. The Balaban J connectivity index is 1.47. The SMILES string of the molecule is O=P1(OP2Oc3ccccc3-c3ccccc32)Oc2ccccc2-c2ccccc21. The van der Waals surface area contributed by atoms with E-state index in [1.165, 1.54) is 0 Å². The minimum absolute atomic E-state index is 0.556. The monoisotopic (exact) mass is 430 g/mol. The van der Waals surface area contributed by atoms with Crippen LogP contribution in [0.4, 0.5) is 0 Å². The van der Waals surface area contributed by atoms with Crippen molar-refractivity contribution in [3.05, 3.63) is 97.1 Å². The van der Waals surface area contributed by atoms with E-state index in [0.29, 0.717) is 11.1 Å². The van der Waals surface area contributed by atoms with E-state index in [1.807, 2.05) is 97.1 Å². The largest absolute Gasteiger partial charge is 0.443 e. The number of rotatable bonds is 2. The summed E-state index contributed by atoms with van der Waals surface area (Å²) < 4.78 is 32.6. The minimum atomic E-state index is -3.67. The summed E-state index contributed by atoms with van der Waals surface area (Å²) in [4.78, 5) is 0. The Morgan fingerprint density at radius 1 is 0.633 bits per heavy atom. The van der Waals surface area contributed by atoms with Gasteiger partial charge >= 0.3 is 7.60 Å². The van der Waals surface area contributed by atoms with Gasteiger partial charge in [-0.3, -0.25) is 0 Å². The summed E-state index contributed by atoms with van der Waals surface area (Å²) in [5.74, 6) is 1.28. The van der Waals surface area contributed by atoms with Crippen molar-refractivity contribution in [2.75, 3.05) is 0 Å². The molecule has 2 aliphatic rings. The van der Waals surface area contributed by atoms with Crippen molar-refractivity contribution in [2.45, 2.75) is 0 Å². The van der Waals surface area contributed by atoms with E-state index in [2.05, 4.69) is 0 Å². The van der Waals surface area contributed by atoms with Crippen LogP contribution in [0.15, 0.2) is 97.1 Å². The first-order chi connectivity index (χ1) is 14.7. The van der Waals surface area contributed by atoms with Crippen LogP contribution in [0.3, 0.4) is 0 Å². The fourth-order valence-corrected chi connectivity index (χ4v) is 7.94. The number of hydrogen-bond donors (Lipinski definition) is 0. The molecule has 4 aromatic rings. The van der Waals surface area contributed by atoms with Gasteiger partial charge < -0.3 is 9.05 Å². The first kappa shape index (κ1) is 17.9. The smallest absolute Gasteiger partial charge is 0.417 e. The van der Waals surface area contributed by atoms with Crippen molar-refractivity contribution in [1.29, 1.82) is 0 Å². The Hall–Kier alpha value is -2.90. The zero-order chi connectivity index (χ0) is 20.1. The van der Waals surface area contributed by atoms with Crippen molar-refractivity contribution in [1.82, 2.24) is 0 Å². The predicted molar refractivity (Wildman–Crippen MR) is 120 cm³/mol. The van der Waals surface area contributed by atoms with E-state index in [4.69, 9.17) is 13.4 Å². The minimum Gasteiger partial charge on any atom is -0.443 e. The number of hydrogen-bond acceptors (Lipinski definition) is 4.